The fraction of sp³-hybridized carbons (Fsp3) is 0.278. The predicted molar refractivity (Wildman–Crippen MR) is 178 cm³/mol. The maximum atomic E-state index is 14.2. The van der Waals surface area contributed by atoms with Crippen LogP contribution in [-0.2, 0) is 26.2 Å². The van der Waals surface area contributed by atoms with Crippen molar-refractivity contribution in [2.24, 2.45) is 0 Å². The summed E-state index contributed by atoms with van der Waals surface area (Å²) < 4.78 is 48.9. The number of anilines is 1. The van der Waals surface area contributed by atoms with E-state index in [0.717, 1.165) is 22.7 Å². The van der Waals surface area contributed by atoms with Crippen molar-refractivity contribution in [3.05, 3.63) is 120 Å². The van der Waals surface area contributed by atoms with E-state index in [0.29, 0.717) is 30.0 Å². The molecule has 1 N–H and O–H groups in total. The number of carbonyl (C=O) groups is 2. The SMILES string of the molecule is CCCCNC(=O)C(CC)N(Cc1ccc(F)cc1)C(=O)CN(c1ccc(Oc2ccccc2)cc1)S(=O)(=O)c1ccc(C)cc1. The first-order valence-corrected chi connectivity index (χ1v) is 16.8. The molecule has 4 rings (SSSR count). The molecule has 0 saturated heterocycles. The minimum atomic E-state index is -4.23. The molecule has 0 aromatic heterocycles. The molecule has 0 saturated carbocycles. The number of amides is 2. The molecule has 8 nitrogen and oxygen atoms in total. The lowest BCUT2D eigenvalue weighted by Gasteiger charge is -2.33. The standard InChI is InChI=1S/C36H40FN3O5S/c1-4-6-24-38-36(42)34(5-2)39(25-28-14-16-29(37)17-15-28)35(41)26-40(46(43,44)33-22-12-27(3)13-23-33)30-18-20-32(21-19-30)45-31-10-8-7-9-11-31/h7-23,34H,4-6,24-26H2,1-3H3,(H,38,42). The van der Waals surface area contributed by atoms with Crippen molar-refractivity contribution in [2.45, 2.75) is 57.5 Å². The first-order chi connectivity index (χ1) is 22.1. The molecule has 46 heavy (non-hydrogen) atoms. The summed E-state index contributed by atoms with van der Waals surface area (Å²) in [5.74, 6) is -0.236. The van der Waals surface area contributed by atoms with Crippen LogP contribution in [0.25, 0.3) is 0 Å². The molecule has 4 aromatic carbocycles. The number of sulfonamides is 1. The summed E-state index contributed by atoms with van der Waals surface area (Å²) in [5.41, 5.74) is 1.73. The second-order valence-corrected chi connectivity index (χ2v) is 12.8. The second kappa shape index (κ2) is 16.0. The average Bonchev–Trinajstić information content (AvgIpc) is 3.05. The highest BCUT2D eigenvalue weighted by Crippen LogP contribution is 2.29. The summed E-state index contributed by atoms with van der Waals surface area (Å²) in [7, 11) is -4.23. The summed E-state index contributed by atoms with van der Waals surface area (Å²) in [6.45, 7) is 5.53. The molecule has 0 aliphatic rings. The Kier molecular flexibility index (Phi) is 11.9. The van der Waals surface area contributed by atoms with Crippen LogP contribution < -0.4 is 14.4 Å². The van der Waals surface area contributed by atoms with Gasteiger partial charge in [-0.2, -0.15) is 0 Å². The lowest BCUT2D eigenvalue weighted by molar-refractivity contribution is -0.140. The van der Waals surface area contributed by atoms with Crippen LogP contribution in [0.4, 0.5) is 10.1 Å². The molecule has 0 aliphatic heterocycles. The van der Waals surface area contributed by atoms with Crippen LogP contribution in [0.5, 0.6) is 11.5 Å². The lowest BCUT2D eigenvalue weighted by Crippen LogP contribution is -2.52. The van der Waals surface area contributed by atoms with Crippen LogP contribution in [0.1, 0.15) is 44.2 Å². The van der Waals surface area contributed by atoms with E-state index >= 15 is 0 Å². The third kappa shape index (κ3) is 8.94. The van der Waals surface area contributed by atoms with E-state index in [2.05, 4.69) is 5.32 Å². The monoisotopic (exact) mass is 645 g/mol. The van der Waals surface area contributed by atoms with E-state index in [4.69, 9.17) is 4.74 Å². The minimum absolute atomic E-state index is 0.0128. The van der Waals surface area contributed by atoms with Crippen molar-refractivity contribution in [3.63, 3.8) is 0 Å². The molecule has 0 radical (unpaired) electrons. The van der Waals surface area contributed by atoms with Crippen molar-refractivity contribution < 1.29 is 27.1 Å². The Bertz CT molecular complexity index is 1680. The van der Waals surface area contributed by atoms with Gasteiger partial charge in [-0.15, -0.1) is 0 Å². The summed E-state index contributed by atoms with van der Waals surface area (Å²) in [6.07, 6.45) is 1.96. The Morgan fingerprint density at radius 1 is 0.848 bits per heavy atom. The summed E-state index contributed by atoms with van der Waals surface area (Å²) >= 11 is 0. The number of nitrogens with one attached hydrogen (secondary N) is 1. The summed E-state index contributed by atoms with van der Waals surface area (Å²) in [4.78, 5) is 28.9. The fourth-order valence-corrected chi connectivity index (χ4v) is 6.30. The number of rotatable bonds is 15. The Hall–Kier alpha value is -4.70. The van der Waals surface area contributed by atoms with Gasteiger partial charge < -0.3 is 15.0 Å². The van der Waals surface area contributed by atoms with Crippen LogP contribution in [-0.4, -0.2) is 44.3 Å². The number of aryl methyl sites for hydroxylation is 1. The van der Waals surface area contributed by atoms with Crippen molar-refractivity contribution in [1.29, 1.82) is 0 Å². The van der Waals surface area contributed by atoms with E-state index < -0.39 is 34.3 Å². The van der Waals surface area contributed by atoms with Gasteiger partial charge in [0.1, 0.15) is 29.9 Å². The molecule has 0 bridgehead atoms. The highest BCUT2D eigenvalue weighted by molar-refractivity contribution is 7.92. The summed E-state index contributed by atoms with van der Waals surface area (Å²) in [5, 5.41) is 2.90. The first-order valence-electron chi connectivity index (χ1n) is 15.4. The van der Waals surface area contributed by atoms with Gasteiger partial charge in [-0.05, 0) is 86.0 Å². The average molecular weight is 646 g/mol. The van der Waals surface area contributed by atoms with Gasteiger partial charge in [-0.3, -0.25) is 13.9 Å². The normalized spacial score (nSPS) is 11.8. The Morgan fingerprint density at radius 3 is 2.09 bits per heavy atom. The van der Waals surface area contributed by atoms with Gasteiger partial charge in [-0.1, -0.05) is 68.3 Å². The van der Waals surface area contributed by atoms with Crippen molar-refractivity contribution >= 4 is 27.5 Å². The number of unbranched alkanes of at least 4 members (excludes halogenated alkanes) is 1. The van der Waals surface area contributed by atoms with Gasteiger partial charge >= 0.3 is 0 Å². The Balaban J connectivity index is 1.70. The maximum Gasteiger partial charge on any atom is 0.264 e. The smallest absolute Gasteiger partial charge is 0.264 e. The molecule has 2 amide bonds. The van der Waals surface area contributed by atoms with E-state index in [1.165, 1.54) is 29.2 Å². The number of ether oxygens (including phenoxy) is 1. The van der Waals surface area contributed by atoms with Gasteiger partial charge in [0.15, 0.2) is 0 Å². The zero-order valence-electron chi connectivity index (χ0n) is 26.4. The third-order valence-electron chi connectivity index (χ3n) is 7.47. The quantitative estimate of drug-likeness (QED) is 0.143. The number of nitrogens with zero attached hydrogens (tertiary/aromatic N) is 2. The second-order valence-electron chi connectivity index (χ2n) is 11.0. The highest BCUT2D eigenvalue weighted by atomic mass is 32.2. The van der Waals surface area contributed by atoms with Crippen molar-refractivity contribution in [1.82, 2.24) is 10.2 Å². The molecule has 0 spiro atoms. The number of benzene rings is 4. The largest absolute Gasteiger partial charge is 0.457 e. The Labute approximate surface area is 270 Å². The van der Waals surface area contributed by atoms with Gasteiger partial charge in [0.2, 0.25) is 11.8 Å². The van der Waals surface area contributed by atoms with Crippen LogP contribution in [0.15, 0.2) is 108 Å². The minimum Gasteiger partial charge on any atom is -0.457 e. The predicted octanol–water partition coefficient (Wildman–Crippen LogP) is 6.85. The van der Waals surface area contributed by atoms with Gasteiger partial charge in [0.05, 0.1) is 10.6 Å². The molecule has 0 heterocycles. The molecule has 0 aliphatic carbocycles. The maximum absolute atomic E-state index is 14.2. The van der Waals surface area contributed by atoms with Gasteiger partial charge in [0.25, 0.3) is 10.0 Å². The molecular formula is C36H40FN3O5S. The molecular weight excluding hydrogens is 605 g/mol. The number of hydrogen-bond donors (Lipinski definition) is 1. The van der Waals surface area contributed by atoms with E-state index in [1.807, 2.05) is 32.0 Å². The molecule has 242 valence electrons. The van der Waals surface area contributed by atoms with E-state index in [1.54, 1.807) is 67.6 Å². The van der Waals surface area contributed by atoms with Crippen LogP contribution in [0.2, 0.25) is 0 Å². The number of para-hydroxylation sites is 1. The van der Waals surface area contributed by atoms with Crippen LogP contribution in [0, 0.1) is 12.7 Å². The zero-order chi connectivity index (χ0) is 33.1. The highest BCUT2D eigenvalue weighted by Gasteiger charge is 2.33. The molecule has 1 unspecified atom stereocenters. The molecule has 10 heteroatoms. The van der Waals surface area contributed by atoms with Gasteiger partial charge in [-0.25, -0.2) is 12.8 Å². The zero-order valence-corrected chi connectivity index (χ0v) is 27.2. The number of halogens is 1. The van der Waals surface area contributed by atoms with Crippen molar-refractivity contribution in [2.75, 3.05) is 17.4 Å². The third-order valence-corrected chi connectivity index (χ3v) is 9.26. The van der Waals surface area contributed by atoms with E-state index in [9.17, 15) is 22.4 Å². The van der Waals surface area contributed by atoms with Crippen molar-refractivity contribution in [3.8, 4) is 11.5 Å². The fourth-order valence-electron chi connectivity index (χ4n) is 4.88. The number of hydrogen-bond acceptors (Lipinski definition) is 5. The first kappa shape index (κ1) is 34.2. The van der Waals surface area contributed by atoms with Crippen LogP contribution in [0.3, 0.4) is 0 Å². The van der Waals surface area contributed by atoms with Crippen LogP contribution >= 0.6 is 0 Å². The van der Waals surface area contributed by atoms with Gasteiger partial charge in [0, 0.05) is 13.1 Å². The molecule has 1 atom stereocenters. The molecule has 0 fully saturated rings. The summed E-state index contributed by atoms with van der Waals surface area (Å²) in [6, 6.07) is 26.8. The van der Waals surface area contributed by atoms with E-state index in [-0.39, 0.29) is 23.0 Å². The topological polar surface area (TPSA) is 96.0 Å². The number of carbonyl (C=O) groups excluding carboxylic acids is 2. The molecule has 4 aromatic rings. The Morgan fingerprint density at radius 2 is 1.48 bits per heavy atom. The lowest BCUT2D eigenvalue weighted by atomic mass is 10.1.